The molecule has 20 heavy (non-hydrogen) atoms. The average molecular weight is 274 g/mol. The van der Waals surface area contributed by atoms with Crippen molar-refractivity contribution in [3.63, 3.8) is 0 Å². The summed E-state index contributed by atoms with van der Waals surface area (Å²) in [4.78, 5) is 25.3. The zero-order valence-corrected chi connectivity index (χ0v) is 11.2. The fourth-order valence-corrected chi connectivity index (χ4v) is 2.63. The third kappa shape index (κ3) is 2.54. The SMILES string of the molecule is O=C(NCC(=O)N1CC(O)(C2CC2)C1)c1ccccc1. The zero-order valence-electron chi connectivity index (χ0n) is 11.2. The molecule has 0 unspecified atom stereocenters. The van der Waals surface area contributed by atoms with E-state index in [1.165, 1.54) is 0 Å². The molecule has 2 amide bonds. The first-order valence-electron chi connectivity index (χ1n) is 6.92. The third-order valence-electron chi connectivity index (χ3n) is 4.06. The van der Waals surface area contributed by atoms with Gasteiger partial charge in [0.25, 0.3) is 5.91 Å². The number of aliphatic hydroxyl groups is 1. The van der Waals surface area contributed by atoms with Crippen molar-refractivity contribution < 1.29 is 14.7 Å². The lowest BCUT2D eigenvalue weighted by atomic mass is 9.89. The van der Waals surface area contributed by atoms with E-state index in [4.69, 9.17) is 0 Å². The second kappa shape index (κ2) is 4.90. The number of hydrogen-bond acceptors (Lipinski definition) is 3. The molecule has 5 nitrogen and oxygen atoms in total. The molecule has 106 valence electrons. The Morgan fingerprint density at radius 2 is 1.90 bits per heavy atom. The Kier molecular flexibility index (Phi) is 3.22. The van der Waals surface area contributed by atoms with Gasteiger partial charge >= 0.3 is 0 Å². The van der Waals surface area contributed by atoms with E-state index in [9.17, 15) is 14.7 Å². The smallest absolute Gasteiger partial charge is 0.251 e. The highest BCUT2D eigenvalue weighted by Gasteiger charge is 2.53. The van der Waals surface area contributed by atoms with E-state index in [1.54, 1.807) is 29.2 Å². The molecule has 0 bridgehead atoms. The number of likely N-dealkylation sites (tertiary alicyclic amines) is 1. The minimum Gasteiger partial charge on any atom is -0.386 e. The first-order valence-corrected chi connectivity index (χ1v) is 6.92. The Hall–Kier alpha value is -1.88. The van der Waals surface area contributed by atoms with Crippen LogP contribution in [-0.2, 0) is 4.79 Å². The van der Waals surface area contributed by atoms with E-state index in [0.29, 0.717) is 24.6 Å². The quantitative estimate of drug-likeness (QED) is 0.835. The molecule has 1 heterocycles. The molecule has 1 saturated carbocycles. The molecule has 1 aliphatic heterocycles. The number of carbonyl (C=O) groups excluding carboxylic acids is 2. The maximum atomic E-state index is 11.9. The Morgan fingerprint density at radius 1 is 1.25 bits per heavy atom. The van der Waals surface area contributed by atoms with Crippen LogP contribution in [0.15, 0.2) is 30.3 Å². The summed E-state index contributed by atoms with van der Waals surface area (Å²) in [5.74, 6) is -0.0259. The molecule has 0 radical (unpaired) electrons. The average Bonchev–Trinajstić information content (AvgIpc) is 3.26. The number of amides is 2. The summed E-state index contributed by atoms with van der Waals surface area (Å²) in [7, 11) is 0. The van der Waals surface area contributed by atoms with Crippen molar-refractivity contribution in [2.75, 3.05) is 19.6 Å². The summed E-state index contributed by atoms with van der Waals surface area (Å²) in [5, 5.41) is 12.8. The molecule has 1 aliphatic carbocycles. The predicted octanol–water partition coefficient (Wildman–Crippen LogP) is 0.400. The summed E-state index contributed by atoms with van der Waals surface area (Å²) in [5.41, 5.74) is -0.127. The van der Waals surface area contributed by atoms with Gasteiger partial charge < -0.3 is 15.3 Å². The zero-order chi connectivity index (χ0) is 14.2. The Balaban J connectivity index is 1.45. The minimum absolute atomic E-state index is 0.0194. The van der Waals surface area contributed by atoms with Crippen molar-refractivity contribution in [1.82, 2.24) is 10.2 Å². The predicted molar refractivity (Wildman–Crippen MR) is 73.0 cm³/mol. The summed E-state index contributed by atoms with van der Waals surface area (Å²) in [6.45, 7) is 0.782. The van der Waals surface area contributed by atoms with Gasteiger partial charge in [0.1, 0.15) is 5.60 Å². The van der Waals surface area contributed by atoms with Gasteiger partial charge in [-0.3, -0.25) is 9.59 Å². The number of rotatable bonds is 4. The summed E-state index contributed by atoms with van der Waals surface area (Å²) in [6, 6.07) is 8.80. The van der Waals surface area contributed by atoms with Crippen molar-refractivity contribution in [3.8, 4) is 0 Å². The van der Waals surface area contributed by atoms with Crippen molar-refractivity contribution in [3.05, 3.63) is 35.9 Å². The van der Waals surface area contributed by atoms with Gasteiger partial charge in [-0.05, 0) is 30.9 Å². The van der Waals surface area contributed by atoms with E-state index in [0.717, 1.165) is 12.8 Å². The Morgan fingerprint density at radius 3 is 2.50 bits per heavy atom. The van der Waals surface area contributed by atoms with E-state index < -0.39 is 5.60 Å². The molecule has 0 aromatic heterocycles. The van der Waals surface area contributed by atoms with Gasteiger partial charge in [-0.1, -0.05) is 18.2 Å². The highest BCUT2D eigenvalue weighted by molar-refractivity contribution is 5.96. The molecule has 0 atom stereocenters. The molecule has 2 fully saturated rings. The van der Waals surface area contributed by atoms with Crippen molar-refractivity contribution in [1.29, 1.82) is 0 Å². The molecule has 2 N–H and O–H groups in total. The summed E-state index contributed by atoms with van der Waals surface area (Å²) < 4.78 is 0. The largest absolute Gasteiger partial charge is 0.386 e. The molecular weight excluding hydrogens is 256 g/mol. The number of nitrogens with one attached hydrogen (secondary N) is 1. The maximum absolute atomic E-state index is 11.9. The molecule has 1 aromatic carbocycles. The molecular formula is C15H18N2O3. The van der Waals surface area contributed by atoms with Gasteiger partial charge in [0.15, 0.2) is 0 Å². The first-order chi connectivity index (χ1) is 9.58. The van der Waals surface area contributed by atoms with Gasteiger partial charge in [-0.15, -0.1) is 0 Å². The normalized spacial score (nSPS) is 20.1. The number of nitrogens with zero attached hydrogens (tertiary/aromatic N) is 1. The van der Waals surface area contributed by atoms with Crippen LogP contribution in [0.25, 0.3) is 0 Å². The van der Waals surface area contributed by atoms with Crippen molar-refractivity contribution in [2.45, 2.75) is 18.4 Å². The van der Waals surface area contributed by atoms with Crippen LogP contribution in [-0.4, -0.2) is 47.1 Å². The van der Waals surface area contributed by atoms with Crippen LogP contribution in [0, 0.1) is 5.92 Å². The van der Waals surface area contributed by atoms with Crippen LogP contribution in [0.5, 0.6) is 0 Å². The second-order valence-corrected chi connectivity index (χ2v) is 5.68. The number of carbonyl (C=O) groups is 2. The Bertz CT molecular complexity index is 519. The molecule has 2 aliphatic rings. The Labute approximate surface area is 117 Å². The second-order valence-electron chi connectivity index (χ2n) is 5.68. The third-order valence-corrected chi connectivity index (χ3v) is 4.06. The van der Waals surface area contributed by atoms with E-state index in [-0.39, 0.29) is 18.4 Å². The lowest BCUT2D eigenvalue weighted by molar-refractivity contribution is -0.158. The van der Waals surface area contributed by atoms with Crippen molar-refractivity contribution >= 4 is 11.8 Å². The van der Waals surface area contributed by atoms with Crippen LogP contribution in [0.4, 0.5) is 0 Å². The monoisotopic (exact) mass is 274 g/mol. The van der Waals surface area contributed by atoms with Crippen LogP contribution >= 0.6 is 0 Å². The highest BCUT2D eigenvalue weighted by atomic mass is 16.3. The number of benzene rings is 1. The molecule has 1 aromatic rings. The number of β-amino-alcohol motifs (C(OH)–C–C–N with tert-alkyl or cyclic N) is 1. The van der Waals surface area contributed by atoms with Gasteiger partial charge in [0.2, 0.25) is 5.91 Å². The lowest BCUT2D eigenvalue weighted by Gasteiger charge is -2.47. The highest BCUT2D eigenvalue weighted by Crippen LogP contribution is 2.44. The van der Waals surface area contributed by atoms with E-state index in [2.05, 4.69) is 5.32 Å². The standard InChI is InChI=1S/C15H18N2O3/c18-13(17-9-15(20,10-17)12-6-7-12)8-16-14(19)11-4-2-1-3-5-11/h1-5,12,20H,6-10H2,(H,16,19). The lowest BCUT2D eigenvalue weighted by Crippen LogP contribution is -2.65. The van der Waals surface area contributed by atoms with Crippen LogP contribution in [0.3, 0.4) is 0 Å². The number of hydrogen-bond donors (Lipinski definition) is 2. The molecule has 0 spiro atoms. The van der Waals surface area contributed by atoms with E-state index in [1.807, 2.05) is 6.07 Å². The molecule has 5 heteroatoms. The topological polar surface area (TPSA) is 69.6 Å². The van der Waals surface area contributed by atoms with Crippen LogP contribution in [0.2, 0.25) is 0 Å². The molecule has 3 rings (SSSR count). The maximum Gasteiger partial charge on any atom is 0.251 e. The van der Waals surface area contributed by atoms with Crippen LogP contribution in [0.1, 0.15) is 23.2 Å². The van der Waals surface area contributed by atoms with Crippen LogP contribution < -0.4 is 5.32 Å². The summed E-state index contributed by atoms with van der Waals surface area (Å²) >= 11 is 0. The van der Waals surface area contributed by atoms with Gasteiger partial charge in [0, 0.05) is 5.56 Å². The van der Waals surface area contributed by atoms with Gasteiger partial charge in [0.05, 0.1) is 19.6 Å². The molecule has 1 saturated heterocycles. The fraction of sp³-hybridized carbons (Fsp3) is 0.467. The van der Waals surface area contributed by atoms with Crippen molar-refractivity contribution in [2.24, 2.45) is 5.92 Å². The van der Waals surface area contributed by atoms with Gasteiger partial charge in [-0.2, -0.15) is 0 Å². The minimum atomic E-state index is -0.668. The fourth-order valence-electron chi connectivity index (χ4n) is 2.63. The van der Waals surface area contributed by atoms with E-state index >= 15 is 0 Å². The van der Waals surface area contributed by atoms with Gasteiger partial charge in [-0.25, -0.2) is 0 Å². The summed E-state index contributed by atoms with van der Waals surface area (Å²) in [6.07, 6.45) is 2.12. The first kappa shape index (κ1) is 13.1.